The number of hydrogen-bond acceptors (Lipinski definition) is 5. The number of carbonyl (C=O) groups is 1. The van der Waals surface area contributed by atoms with Gasteiger partial charge in [-0.3, -0.25) is 0 Å². The zero-order valence-electron chi connectivity index (χ0n) is 17.7. The van der Waals surface area contributed by atoms with Crippen LogP contribution in [0.4, 0.5) is 4.79 Å². The maximum Gasteiger partial charge on any atom is 0.508 e. The highest BCUT2D eigenvalue weighted by atomic mass is 16.7. The summed E-state index contributed by atoms with van der Waals surface area (Å²) in [5, 5.41) is 9.19. The normalized spacial score (nSPS) is 12.1. The van der Waals surface area contributed by atoms with E-state index in [2.05, 4.69) is 11.9 Å². The van der Waals surface area contributed by atoms with Crippen LogP contribution in [0.25, 0.3) is 0 Å². The first-order valence-corrected chi connectivity index (χ1v) is 11.2. The van der Waals surface area contributed by atoms with E-state index in [0.717, 1.165) is 25.8 Å². The Kier molecular flexibility index (Phi) is 15.3. The van der Waals surface area contributed by atoms with E-state index in [9.17, 15) is 9.90 Å². The van der Waals surface area contributed by atoms with E-state index in [1.807, 2.05) is 10.8 Å². The first-order valence-electron chi connectivity index (χ1n) is 11.2. The molecule has 0 aliphatic rings. The Morgan fingerprint density at radius 1 is 1.00 bits per heavy atom. The molecule has 0 radical (unpaired) electrons. The number of nitrogens with zero attached hydrogens (tertiary/aromatic N) is 2. The molecule has 0 aliphatic heterocycles. The molecule has 1 aromatic heterocycles. The standard InChI is InChI=1S/C22H40N2O4/c1-2-3-4-5-6-7-8-9-10-11-13-21(14-18-25)28-22(26)27-19-12-16-24-17-15-23-20-24/h15,17,20-21,25H,2-14,16,18-19H2,1H3/t21-/m1/s1. The largest absolute Gasteiger partial charge is 0.508 e. The molecular weight excluding hydrogens is 356 g/mol. The Bertz CT molecular complexity index is 465. The van der Waals surface area contributed by atoms with Gasteiger partial charge in [0.25, 0.3) is 0 Å². The van der Waals surface area contributed by atoms with Crippen molar-refractivity contribution >= 4 is 6.16 Å². The van der Waals surface area contributed by atoms with Crippen LogP contribution < -0.4 is 0 Å². The number of aryl methyl sites for hydroxylation is 1. The Hall–Kier alpha value is -1.56. The second-order valence-corrected chi connectivity index (χ2v) is 7.48. The molecule has 0 saturated carbocycles. The highest BCUT2D eigenvalue weighted by molar-refractivity contribution is 5.60. The molecule has 1 rings (SSSR count). The summed E-state index contributed by atoms with van der Waals surface area (Å²) in [5.74, 6) is 0. The van der Waals surface area contributed by atoms with Gasteiger partial charge in [0.2, 0.25) is 0 Å². The van der Waals surface area contributed by atoms with E-state index in [1.54, 1.807) is 12.5 Å². The average molecular weight is 397 g/mol. The van der Waals surface area contributed by atoms with Crippen LogP contribution in [0, 0.1) is 0 Å². The second-order valence-electron chi connectivity index (χ2n) is 7.48. The van der Waals surface area contributed by atoms with Gasteiger partial charge in [-0.1, -0.05) is 64.7 Å². The molecule has 0 spiro atoms. The van der Waals surface area contributed by atoms with E-state index < -0.39 is 6.16 Å². The summed E-state index contributed by atoms with van der Waals surface area (Å²) in [6.07, 6.45) is 19.2. The third-order valence-corrected chi connectivity index (χ3v) is 4.93. The molecular formula is C22H40N2O4. The minimum Gasteiger partial charge on any atom is -0.434 e. The fourth-order valence-electron chi connectivity index (χ4n) is 3.26. The maximum atomic E-state index is 11.8. The molecule has 0 saturated heterocycles. The lowest BCUT2D eigenvalue weighted by Gasteiger charge is -2.16. The number of ether oxygens (including phenoxy) is 2. The van der Waals surface area contributed by atoms with Gasteiger partial charge >= 0.3 is 6.16 Å². The summed E-state index contributed by atoms with van der Waals surface area (Å²) in [7, 11) is 0. The molecule has 28 heavy (non-hydrogen) atoms. The van der Waals surface area contributed by atoms with Gasteiger partial charge in [0.05, 0.1) is 12.9 Å². The number of carbonyl (C=O) groups excluding carboxylic acids is 1. The van der Waals surface area contributed by atoms with Crippen molar-refractivity contribution < 1.29 is 19.4 Å². The highest BCUT2D eigenvalue weighted by Gasteiger charge is 2.15. The number of unbranched alkanes of at least 4 members (excludes halogenated alkanes) is 9. The van der Waals surface area contributed by atoms with Crippen molar-refractivity contribution in [2.75, 3.05) is 13.2 Å². The minimum atomic E-state index is -0.629. The van der Waals surface area contributed by atoms with Crippen LogP contribution in [0.5, 0.6) is 0 Å². The fourth-order valence-corrected chi connectivity index (χ4v) is 3.26. The van der Waals surface area contributed by atoms with E-state index in [1.165, 1.54) is 51.4 Å². The number of aliphatic hydroxyl groups is 1. The Morgan fingerprint density at radius 3 is 2.29 bits per heavy atom. The number of aliphatic hydroxyl groups excluding tert-OH is 1. The average Bonchev–Trinajstić information content (AvgIpc) is 3.20. The molecule has 1 N–H and O–H groups in total. The Labute approximate surface area is 170 Å². The van der Waals surface area contributed by atoms with Crippen LogP contribution in [0.3, 0.4) is 0 Å². The summed E-state index contributed by atoms with van der Waals surface area (Å²) in [6.45, 7) is 3.35. The van der Waals surface area contributed by atoms with E-state index in [-0.39, 0.29) is 12.7 Å². The zero-order valence-corrected chi connectivity index (χ0v) is 17.7. The lowest BCUT2D eigenvalue weighted by atomic mass is 10.0. The Morgan fingerprint density at radius 2 is 1.68 bits per heavy atom. The van der Waals surface area contributed by atoms with E-state index in [0.29, 0.717) is 19.4 Å². The molecule has 0 aromatic carbocycles. The number of hydrogen-bond donors (Lipinski definition) is 1. The van der Waals surface area contributed by atoms with Crippen molar-refractivity contribution in [1.29, 1.82) is 0 Å². The predicted octanol–water partition coefficient (Wildman–Crippen LogP) is 5.49. The van der Waals surface area contributed by atoms with Crippen molar-refractivity contribution in [3.63, 3.8) is 0 Å². The molecule has 1 atom stereocenters. The van der Waals surface area contributed by atoms with Gasteiger partial charge in [-0.2, -0.15) is 0 Å². The van der Waals surface area contributed by atoms with Crippen LogP contribution >= 0.6 is 0 Å². The molecule has 0 fully saturated rings. The number of aromatic nitrogens is 2. The third kappa shape index (κ3) is 13.6. The summed E-state index contributed by atoms with van der Waals surface area (Å²) in [5.41, 5.74) is 0. The van der Waals surface area contributed by atoms with Crippen molar-refractivity contribution in [2.24, 2.45) is 0 Å². The van der Waals surface area contributed by atoms with Gasteiger partial charge in [-0.15, -0.1) is 0 Å². The smallest absolute Gasteiger partial charge is 0.434 e. The van der Waals surface area contributed by atoms with Gasteiger partial charge in [0, 0.05) is 32.0 Å². The van der Waals surface area contributed by atoms with Crippen molar-refractivity contribution in [1.82, 2.24) is 9.55 Å². The Balaban J connectivity index is 2.01. The zero-order chi connectivity index (χ0) is 20.3. The molecule has 6 heteroatoms. The molecule has 6 nitrogen and oxygen atoms in total. The topological polar surface area (TPSA) is 73.6 Å². The quantitative estimate of drug-likeness (QED) is 0.262. The van der Waals surface area contributed by atoms with Crippen LogP contribution in [0.15, 0.2) is 18.7 Å². The molecule has 0 bridgehead atoms. The lowest BCUT2D eigenvalue weighted by Crippen LogP contribution is -2.21. The van der Waals surface area contributed by atoms with E-state index >= 15 is 0 Å². The van der Waals surface area contributed by atoms with Gasteiger partial charge in [0.1, 0.15) is 6.10 Å². The van der Waals surface area contributed by atoms with Gasteiger partial charge in [-0.05, 0) is 19.3 Å². The summed E-state index contributed by atoms with van der Waals surface area (Å²) < 4.78 is 12.4. The van der Waals surface area contributed by atoms with Crippen LogP contribution in [0.1, 0.15) is 90.4 Å². The summed E-state index contributed by atoms with van der Waals surface area (Å²) in [6, 6.07) is 0. The molecule has 0 unspecified atom stereocenters. The molecule has 1 heterocycles. The van der Waals surface area contributed by atoms with Crippen LogP contribution in [-0.2, 0) is 16.0 Å². The lowest BCUT2D eigenvalue weighted by molar-refractivity contribution is 0.0110. The third-order valence-electron chi connectivity index (χ3n) is 4.93. The molecule has 0 aliphatic carbocycles. The SMILES string of the molecule is CCCCCCCCCCCC[C@H](CCO)OC(=O)OCCCn1ccnc1. The van der Waals surface area contributed by atoms with Crippen molar-refractivity contribution in [2.45, 2.75) is 103 Å². The van der Waals surface area contributed by atoms with Crippen molar-refractivity contribution in [3.05, 3.63) is 18.7 Å². The summed E-state index contributed by atoms with van der Waals surface area (Å²) in [4.78, 5) is 15.8. The van der Waals surface area contributed by atoms with E-state index in [4.69, 9.17) is 9.47 Å². The van der Waals surface area contributed by atoms with Crippen LogP contribution in [0.2, 0.25) is 0 Å². The van der Waals surface area contributed by atoms with Gasteiger partial charge in [-0.25, -0.2) is 9.78 Å². The molecule has 1 aromatic rings. The maximum absolute atomic E-state index is 11.8. The molecule has 0 amide bonds. The number of rotatable bonds is 18. The minimum absolute atomic E-state index is 0.0241. The first-order chi connectivity index (χ1) is 13.8. The fraction of sp³-hybridized carbons (Fsp3) is 0.818. The van der Waals surface area contributed by atoms with Gasteiger partial charge < -0.3 is 19.1 Å². The predicted molar refractivity (Wildman–Crippen MR) is 111 cm³/mol. The molecule has 162 valence electrons. The monoisotopic (exact) mass is 396 g/mol. The van der Waals surface area contributed by atoms with Crippen LogP contribution in [-0.4, -0.2) is 40.1 Å². The summed E-state index contributed by atoms with van der Waals surface area (Å²) >= 11 is 0. The number of imidazole rings is 1. The van der Waals surface area contributed by atoms with Gasteiger partial charge in [0.15, 0.2) is 0 Å². The first kappa shape index (κ1) is 24.5. The van der Waals surface area contributed by atoms with Crippen molar-refractivity contribution in [3.8, 4) is 0 Å². The second kappa shape index (κ2) is 17.5. The highest BCUT2D eigenvalue weighted by Crippen LogP contribution is 2.14.